The predicted octanol–water partition coefficient (Wildman–Crippen LogP) is 2.93. The maximum Gasteiger partial charge on any atom is 0.327 e. The molecule has 2 aromatic carbocycles. The van der Waals surface area contributed by atoms with Crippen LogP contribution in [0.15, 0.2) is 60.1 Å². The molecule has 0 aliphatic carbocycles. The molecule has 2 aliphatic rings. The second-order valence-corrected chi connectivity index (χ2v) is 10.3. The Morgan fingerprint density at radius 1 is 1.08 bits per heavy atom. The van der Waals surface area contributed by atoms with Crippen molar-refractivity contribution in [3.05, 3.63) is 87.4 Å². The number of aliphatic hydroxyl groups excluding tert-OH is 1. The minimum atomic E-state index is -1.94. The number of nitrogens with one attached hydrogen (secondary N) is 1. The van der Waals surface area contributed by atoms with E-state index in [2.05, 4.69) is 10.3 Å². The Balaban J connectivity index is 1.42. The number of carbonyl (C=O) groups excluding carboxylic acids is 2. The van der Waals surface area contributed by atoms with Gasteiger partial charge in [-0.25, -0.2) is 4.98 Å². The summed E-state index contributed by atoms with van der Waals surface area (Å²) in [6.45, 7) is 1.21. The zero-order valence-corrected chi connectivity index (χ0v) is 21.0. The lowest BCUT2D eigenvalue weighted by atomic mass is 9.79. The van der Waals surface area contributed by atoms with Crippen molar-refractivity contribution in [3.8, 4) is 0 Å². The predicted molar refractivity (Wildman–Crippen MR) is 139 cm³/mol. The number of imide groups is 1. The monoisotopic (exact) mass is 517 g/mol. The van der Waals surface area contributed by atoms with Crippen molar-refractivity contribution in [1.82, 2.24) is 15.2 Å². The zero-order chi connectivity index (χ0) is 26.2. The van der Waals surface area contributed by atoms with Crippen molar-refractivity contribution >= 4 is 41.3 Å². The number of aliphatic hydroxyl groups is 1. The number of aliphatic carboxylic acids is 1. The first-order chi connectivity index (χ1) is 17.9. The zero-order valence-electron chi connectivity index (χ0n) is 20.2. The molecule has 0 radical (unpaired) electrons. The highest BCUT2D eigenvalue weighted by atomic mass is 32.1. The Labute approximate surface area is 218 Å². The molecule has 4 unspecified atom stereocenters. The van der Waals surface area contributed by atoms with Gasteiger partial charge in [-0.1, -0.05) is 66.7 Å². The normalized spacial score (nSPS) is 25.2. The summed E-state index contributed by atoms with van der Waals surface area (Å²) in [6.07, 6.45) is 4.40. The topological polar surface area (TPSA) is 120 Å². The molecular weight excluding hydrogens is 490 g/mol. The van der Waals surface area contributed by atoms with Crippen LogP contribution in [0.1, 0.15) is 33.3 Å². The molecule has 2 amide bonds. The van der Waals surface area contributed by atoms with E-state index in [1.165, 1.54) is 11.3 Å². The number of fused-ring (bicyclic) bond motifs is 1. The molecule has 4 atom stereocenters. The summed E-state index contributed by atoms with van der Waals surface area (Å²) < 4.78 is 0. The van der Waals surface area contributed by atoms with E-state index >= 15 is 0 Å². The van der Waals surface area contributed by atoms with Gasteiger partial charge in [0.25, 0.3) is 0 Å². The summed E-state index contributed by atoms with van der Waals surface area (Å²) in [4.78, 5) is 45.7. The number of aryl methyl sites for hydroxylation is 1. The molecule has 3 heterocycles. The maximum absolute atomic E-state index is 13.5. The molecule has 2 fully saturated rings. The van der Waals surface area contributed by atoms with Gasteiger partial charge in [-0.2, -0.15) is 0 Å². The van der Waals surface area contributed by atoms with Crippen molar-refractivity contribution in [3.63, 3.8) is 0 Å². The quantitative estimate of drug-likeness (QED) is 0.310. The molecule has 5 rings (SSSR count). The van der Waals surface area contributed by atoms with Crippen LogP contribution in [0.5, 0.6) is 0 Å². The Morgan fingerprint density at radius 3 is 2.35 bits per heavy atom. The number of likely N-dealkylation sites (tertiary alicyclic amines) is 1. The van der Waals surface area contributed by atoms with E-state index in [0.29, 0.717) is 12.0 Å². The van der Waals surface area contributed by atoms with Crippen molar-refractivity contribution in [2.75, 3.05) is 13.2 Å². The SMILES string of the molecule is Cc1ncsc1CCN1C(=O)C2C(c3ccc(C=Cc4ccccc4)cc3)NC(CO)(C(=O)O)C2C1=O. The first-order valence-electron chi connectivity index (χ1n) is 12.0. The van der Waals surface area contributed by atoms with Gasteiger partial charge in [0.2, 0.25) is 11.8 Å². The van der Waals surface area contributed by atoms with E-state index in [1.807, 2.05) is 73.7 Å². The van der Waals surface area contributed by atoms with E-state index < -0.39 is 47.8 Å². The van der Waals surface area contributed by atoms with E-state index in [1.54, 1.807) is 5.51 Å². The van der Waals surface area contributed by atoms with Crippen LogP contribution in [0.3, 0.4) is 0 Å². The average Bonchev–Trinajstić information content (AvgIpc) is 3.56. The van der Waals surface area contributed by atoms with Crippen molar-refractivity contribution in [2.24, 2.45) is 11.8 Å². The van der Waals surface area contributed by atoms with Crippen LogP contribution in [0.25, 0.3) is 12.2 Å². The van der Waals surface area contributed by atoms with E-state index in [-0.39, 0.29) is 6.54 Å². The number of amides is 2. The van der Waals surface area contributed by atoms with Crippen LogP contribution in [0.2, 0.25) is 0 Å². The van der Waals surface area contributed by atoms with Gasteiger partial charge in [0, 0.05) is 23.9 Å². The molecule has 3 aromatic rings. The van der Waals surface area contributed by atoms with Gasteiger partial charge in [-0.05, 0) is 23.6 Å². The fourth-order valence-electron chi connectivity index (χ4n) is 5.33. The molecule has 190 valence electrons. The van der Waals surface area contributed by atoms with E-state index in [4.69, 9.17) is 0 Å². The van der Waals surface area contributed by atoms with Gasteiger partial charge in [0.1, 0.15) is 0 Å². The molecule has 8 nitrogen and oxygen atoms in total. The van der Waals surface area contributed by atoms with E-state index in [9.17, 15) is 24.6 Å². The smallest absolute Gasteiger partial charge is 0.327 e. The lowest BCUT2D eigenvalue weighted by Gasteiger charge is -2.29. The molecule has 37 heavy (non-hydrogen) atoms. The largest absolute Gasteiger partial charge is 0.480 e. The van der Waals surface area contributed by atoms with Gasteiger partial charge >= 0.3 is 5.97 Å². The molecule has 0 bridgehead atoms. The maximum atomic E-state index is 13.5. The van der Waals surface area contributed by atoms with E-state index in [0.717, 1.165) is 26.6 Å². The molecule has 9 heteroatoms. The summed E-state index contributed by atoms with van der Waals surface area (Å²) in [6, 6.07) is 16.6. The molecule has 1 aromatic heterocycles. The summed E-state index contributed by atoms with van der Waals surface area (Å²) >= 11 is 1.45. The number of carbonyl (C=O) groups is 3. The fraction of sp³-hybridized carbons (Fsp3) is 0.286. The summed E-state index contributed by atoms with van der Waals surface area (Å²) in [7, 11) is 0. The van der Waals surface area contributed by atoms with Gasteiger partial charge in [-0.3, -0.25) is 24.6 Å². The van der Waals surface area contributed by atoms with Crippen LogP contribution >= 0.6 is 11.3 Å². The van der Waals surface area contributed by atoms with Crippen molar-refractivity contribution < 1.29 is 24.6 Å². The minimum Gasteiger partial charge on any atom is -0.480 e. The number of thiazole rings is 1. The second-order valence-electron chi connectivity index (χ2n) is 9.41. The minimum absolute atomic E-state index is 0.144. The Hall–Kier alpha value is -3.66. The van der Waals surface area contributed by atoms with Gasteiger partial charge in [0.15, 0.2) is 5.54 Å². The van der Waals surface area contributed by atoms with Gasteiger partial charge < -0.3 is 10.2 Å². The molecular formula is C28H27N3O5S. The third-order valence-corrected chi connectivity index (χ3v) is 8.34. The number of aromatic nitrogens is 1. The van der Waals surface area contributed by atoms with Crippen LogP contribution in [0, 0.1) is 18.8 Å². The summed E-state index contributed by atoms with van der Waals surface area (Å²) in [5, 5.41) is 23.2. The standard InChI is InChI=1S/C28H27N3O5S/c1-17-21(37-16-29-17)13-14-31-25(33)22-23(26(31)34)28(15-32,27(35)36)30-24(22)20-11-9-19(10-12-20)8-7-18-5-3-2-4-6-18/h2-12,16,22-24,30,32H,13-15H2,1H3,(H,35,36). The van der Waals surface area contributed by atoms with Crippen molar-refractivity contribution in [2.45, 2.75) is 24.9 Å². The average molecular weight is 518 g/mol. The number of carboxylic acid groups (broad SMARTS) is 1. The number of nitrogens with zero attached hydrogens (tertiary/aromatic N) is 2. The first-order valence-corrected chi connectivity index (χ1v) is 12.9. The lowest BCUT2D eigenvalue weighted by Crippen LogP contribution is -2.58. The van der Waals surface area contributed by atoms with Crippen LogP contribution in [-0.2, 0) is 20.8 Å². The lowest BCUT2D eigenvalue weighted by molar-refractivity contribution is -0.153. The highest BCUT2D eigenvalue weighted by molar-refractivity contribution is 7.09. The Kier molecular flexibility index (Phi) is 6.76. The summed E-state index contributed by atoms with van der Waals surface area (Å²) in [5.74, 6) is -4.46. The highest BCUT2D eigenvalue weighted by Crippen LogP contribution is 2.48. The molecule has 2 saturated heterocycles. The fourth-order valence-corrected chi connectivity index (χ4v) is 6.10. The first kappa shape index (κ1) is 25.0. The van der Waals surface area contributed by atoms with Crippen LogP contribution in [-0.4, -0.2) is 56.6 Å². The number of rotatable bonds is 8. The van der Waals surface area contributed by atoms with Crippen molar-refractivity contribution in [1.29, 1.82) is 0 Å². The molecule has 0 spiro atoms. The van der Waals surface area contributed by atoms with Crippen LogP contribution < -0.4 is 5.32 Å². The third-order valence-electron chi connectivity index (χ3n) is 7.35. The van der Waals surface area contributed by atoms with Gasteiger partial charge in [-0.15, -0.1) is 11.3 Å². The number of benzene rings is 2. The number of hydrogen-bond donors (Lipinski definition) is 3. The van der Waals surface area contributed by atoms with Crippen LogP contribution in [0.4, 0.5) is 0 Å². The molecule has 3 N–H and O–H groups in total. The molecule has 2 aliphatic heterocycles. The summed E-state index contributed by atoms with van der Waals surface area (Å²) in [5.41, 5.74) is 3.30. The second kappa shape index (κ2) is 10.0. The number of hydrogen-bond acceptors (Lipinski definition) is 7. The third kappa shape index (κ3) is 4.39. The number of carboxylic acids is 1. The Morgan fingerprint density at radius 2 is 1.76 bits per heavy atom. The Bertz CT molecular complexity index is 1350. The highest BCUT2D eigenvalue weighted by Gasteiger charge is 2.68. The van der Waals surface area contributed by atoms with Gasteiger partial charge in [0.05, 0.1) is 29.6 Å². The molecule has 0 saturated carbocycles.